The largest absolute Gasteiger partial charge is 0.384 e. The number of carbonyl (C=O) groups is 1. The van der Waals surface area contributed by atoms with Gasteiger partial charge in [0.1, 0.15) is 20.8 Å². The predicted molar refractivity (Wildman–Crippen MR) is 105 cm³/mol. The van der Waals surface area contributed by atoms with Crippen LogP contribution < -0.4 is 5.73 Å². The van der Waals surface area contributed by atoms with Crippen LogP contribution in [0.4, 0.5) is 5.82 Å². The normalized spacial score (nSPS) is 8.36. The molecule has 0 aliphatic rings. The zero-order valence-corrected chi connectivity index (χ0v) is 14.1. The number of nitrogen functional groups attached to an aromatic ring is 1. The molecule has 2 N–H and O–H groups in total. The van der Waals surface area contributed by atoms with Crippen molar-refractivity contribution in [1.29, 1.82) is 0 Å². The summed E-state index contributed by atoms with van der Waals surface area (Å²) in [4.78, 5) is 18.6. The molecule has 0 bridgehead atoms. The lowest BCUT2D eigenvalue weighted by molar-refractivity contribution is -0.116. The maximum absolute atomic E-state index is 10.7. The van der Waals surface area contributed by atoms with Crippen molar-refractivity contribution in [3.8, 4) is 0 Å². The molecule has 0 aliphatic carbocycles. The van der Waals surface area contributed by atoms with Crippen molar-refractivity contribution in [3.63, 3.8) is 0 Å². The minimum Gasteiger partial charge on any atom is -0.384 e. The molecule has 22 heavy (non-hydrogen) atoms. The Morgan fingerprint density at radius 1 is 1.14 bits per heavy atom. The van der Waals surface area contributed by atoms with Crippen LogP contribution in [0.3, 0.4) is 0 Å². The van der Waals surface area contributed by atoms with E-state index >= 15 is 0 Å². The average Bonchev–Trinajstić information content (AvgIpc) is 2.40. The van der Waals surface area contributed by atoms with Gasteiger partial charge < -0.3 is 5.73 Å². The predicted octanol–water partition coefficient (Wildman–Crippen LogP) is 2.47. The summed E-state index contributed by atoms with van der Waals surface area (Å²) in [5.41, 5.74) is 6.13. The van der Waals surface area contributed by atoms with Gasteiger partial charge in [-0.3, -0.25) is 4.79 Å². The van der Waals surface area contributed by atoms with Crippen molar-refractivity contribution in [3.05, 3.63) is 51.3 Å². The van der Waals surface area contributed by atoms with E-state index in [-0.39, 0.29) is 20.9 Å². The van der Waals surface area contributed by atoms with Gasteiger partial charge >= 0.3 is 0 Å². The minimum atomic E-state index is 0. The highest BCUT2D eigenvalue weighted by atomic mass is 79.9. The molecular formula is C14H20B2Br2N3O-. The molecule has 0 unspecified atom stereocenters. The molecule has 0 spiro atoms. The number of carbonyl (C=O) groups excluding carboxylic acids is 1. The first-order chi connectivity index (χ1) is 9.97. The third-order valence-electron chi connectivity index (χ3n) is 1.94. The zero-order valence-electron chi connectivity index (χ0n) is 10.9. The van der Waals surface area contributed by atoms with E-state index in [1.165, 1.54) is 0 Å². The van der Waals surface area contributed by atoms with Gasteiger partial charge in [-0.05, 0) is 63.0 Å². The molecule has 8 heteroatoms. The second kappa shape index (κ2) is 13.5. The summed E-state index contributed by atoms with van der Waals surface area (Å²) in [6.45, 7) is 1.56. The number of hydrogen-bond acceptors (Lipinski definition) is 4. The Labute approximate surface area is 151 Å². The number of anilines is 1. The highest BCUT2D eigenvalue weighted by molar-refractivity contribution is 9.10. The number of halogens is 2. The maximum atomic E-state index is 10.7. The smallest absolute Gasteiger partial charge is 0.135 e. The summed E-state index contributed by atoms with van der Waals surface area (Å²) >= 11 is 6.40. The molecule has 2 heterocycles. The molecule has 2 aromatic heterocycles. The van der Waals surface area contributed by atoms with E-state index in [1.807, 2.05) is 30.3 Å². The zero-order chi connectivity index (χ0) is 16.3. The molecule has 0 aliphatic heterocycles. The van der Waals surface area contributed by atoms with E-state index in [0.717, 1.165) is 14.9 Å². The van der Waals surface area contributed by atoms with E-state index in [2.05, 4.69) is 41.8 Å². The SMILES string of the molecule is C.CC(=O)Cc1cccc(Br)n1.Nc1cccc(Br)n1.[B][BH3-]. The van der Waals surface area contributed by atoms with Crippen LogP contribution in [0, 0.1) is 0 Å². The van der Waals surface area contributed by atoms with Gasteiger partial charge in [0.2, 0.25) is 0 Å². The van der Waals surface area contributed by atoms with Gasteiger partial charge in [0.15, 0.2) is 0 Å². The van der Waals surface area contributed by atoms with E-state index < -0.39 is 0 Å². The van der Waals surface area contributed by atoms with Crippen molar-refractivity contribution in [2.75, 3.05) is 5.73 Å². The van der Waals surface area contributed by atoms with Gasteiger partial charge in [-0.15, -0.1) is 0 Å². The molecule has 118 valence electrons. The molecule has 4 nitrogen and oxygen atoms in total. The number of nitrogens with zero attached hydrogens (tertiary/aromatic N) is 2. The van der Waals surface area contributed by atoms with Crippen LogP contribution in [0.25, 0.3) is 0 Å². The van der Waals surface area contributed by atoms with Crippen molar-refractivity contribution in [2.45, 2.75) is 20.8 Å². The fraction of sp³-hybridized carbons (Fsp3) is 0.214. The lowest BCUT2D eigenvalue weighted by Crippen LogP contribution is -1.98. The highest BCUT2D eigenvalue weighted by Gasteiger charge is 1.98. The Kier molecular flexibility index (Phi) is 14.2. The maximum Gasteiger partial charge on any atom is 0.135 e. The van der Waals surface area contributed by atoms with Crippen molar-refractivity contribution in [2.24, 2.45) is 0 Å². The van der Waals surface area contributed by atoms with E-state index in [9.17, 15) is 4.79 Å². The van der Waals surface area contributed by atoms with Crippen LogP contribution >= 0.6 is 31.9 Å². The Balaban J connectivity index is 0. The number of pyridine rings is 2. The van der Waals surface area contributed by atoms with Crippen LogP contribution in [0.15, 0.2) is 45.6 Å². The van der Waals surface area contributed by atoms with Crippen LogP contribution in [-0.2, 0) is 11.2 Å². The average molecular weight is 428 g/mol. The third kappa shape index (κ3) is 11.5. The Morgan fingerprint density at radius 3 is 2.00 bits per heavy atom. The van der Waals surface area contributed by atoms with Gasteiger partial charge in [-0.2, -0.15) is 7.74 Å². The summed E-state index contributed by atoms with van der Waals surface area (Å²) in [6, 6.07) is 11.0. The summed E-state index contributed by atoms with van der Waals surface area (Å²) in [7, 11) is 5.00. The molecule has 2 radical (unpaired) electrons. The van der Waals surface area contributed by atoms with Crippen LogP contribution in [0.2, 0.25) is 0 Å². The number of Topliss-reactive ketones (excluding diaryl/α,β-unsaturated/α-hetero) is 1. The van der Waals surface area contributed by atoms with Gasteiger partial charge in [0.05, 0.1) is 0 Å². The second-order valence-corrected chi connectivity index (χ2v) is 5.34. The van der Waals surface area contributed by atoms with Gasteiger partial charge in [-0.1, -0.05) is 27.3 Å². The van der Waals surface area contributed by atoms with E-state index in [1.54, 1.807) is 13.0 Å². The van der Waals surface area contributed by atoms with Crippen LogP contribution in [0.5, 0.6) is 0 Å². The topological polar surface area (TPSA) is 68.9 Å². The molecule has 0 saturated heterocycles. The third-order valence-corrected chi connectivity index (χ3v) is 2.82. The van der Waals surface area contributed by atoms with Crippen molar-refractivity contribution in [1.82, 2.24) is 9.97 Å². The van der Waals surface area contributed by atoms with Gasteiger partial charge in [-0.25, -0.2) is 9.97 Å². The van der Waals surface area contributed by atoms with Gasteiger partial charge in [0.25, 0.3) is 0 Å². The molecule has 2 aromatic rings. The summed E-state index contributed by atoms with van der Waals surface area (Å²) in [5, 5.41) is 0. The number of ketones is 1. The molecule has 0 aromatic carbocycles. The number of hydrogen-bond donors (Lipinski definition) is 1. The number of nitrogens with two attached hydrogens (primary N) is 1. The molecule has 0 amide bonds. The minimum absolute atomic E-state index is 0. The molecular weight excluding hydrogens is 408 g/mol. The number of aromatic nitrogens is 2. The van der Waals surface area contributed by atoms with Crippen molar-refractivity contribution < 1.29 is 4.79 Å². The summed E-state index contributed by atoms with van der Waals surface area (Å²) in [5.74, 6) is 0.676. The first kappa shape index (κ1) is 23.1. The molecule has 0 fully saturated rings. The van der Waals surface area contributed by atoms with E-state index in [0.29, 0.717) is 12.2 Å². The van der Waals surface area contributed by atoms with Crippen molar-refractivity contribution >= 4 is 58.9 Å². The fourth-order valence-electron chi connectivity index (χ4n) is 1.23. The Morgan fingerprint density at radius 2 is 1.64 bits per heavy atom. The molecule has 0 atom stereocenters. The fourth-order valence-corrected chi connectivity index (χ4v) is 1.97. The first-order valence-electron chi connectivity index (χ1n) is 5.46. The van der Waals surface area contributed by atoms with Crippen LogP contribution in [-0.4, -0.2) is 31.2 Å². The highest BCUT2D eigenvalue weighted by Crippen LogP contribution is 2.07. The Hall–Kier alpha value is -1.14. The first-order valence-corrected chi connectivity index (χ1v) is 7.05. The number of rotatable bonds is 2. The lowest BCUT2D eigenvalue weighted by Gasteiger charge is -1.95. The Bertz CT molecular complexity index is 554. The van der Waals surface area contributed by atoms with Crippen LogP contribution in [0.1, 0.15) is 20.0 Å². The standard InChI is InChI=1S/C8H8BrNO.C5H5BrN2.CH4.B2H3/c1-6(11)5-7-3-2-4-8(9)10-7;6-4-2-1-3-5(7)8-4;;1-2/h2-4H,5H2,1H3;1-3H,(H2,7,8);1H4;1H3/q;;;-1. The molecule has 2 rings (SSSR count). The van der Waals surface area contributed by atoms with Gasteiger partial charge in [0, 0.05) is 12.1 Å². The summed E-state index contributed by atoms with van der Waals surface area (Å²) in [6.07, 6.45) is 0.416. The lowest BCUT2D eigenvalue weighted by atomic mass is 9.81. The quantitative estimate of drug-likeness (QED) is 0.590. The van der Waals surface area contributed by atoms with E-state index in [4.69, 9.17) is 13.5 Å². The second-order valence-electron chi connectivity index (χ2n) is 3.72. The monoisotopic (exact) mass is 426 g/mol. The summed E-state index contributed by atoms with van der Waals surface area (Å²) < 4.78 is 1.55. The molecule has 0 saturated carbocycles.